The largest absolute Gasteiger partial charge is 0.496 e. The number of aryl methyl sites for hydroxylation is 1. The highest BCUT2D eigenvalue weighted by molar-refractivity contribution is 7.98. The van der Waals surface area contributed by atoms with Gasteiger partial charge in [0.1, 0.15) is 5.75 Å². The fourth-order valence-electron chi connectivity index (χ4n) is 3.47. The fraction of sp³-hybridized carbons (Fsp3) is 0.217. The van der Waals surface area contributed by atoms with Crippen LogP contribution in [0.25, 0.3) is 21.0 Å². The lowest BCUT2D eigenvalue weighted by molar-refractivity contribution is 0.0995. The smallest absolute Gasteiger partial charge is 0.283 e. The molecular formula is C23H22N2O4S3. The SMILES string of the molecule is COc1cc2ccccc2cc1C(=O)N=c1sc2cc(S(C)(=O)=O)ccc2n1CCSC. The van der Waals surface area contributed by atoms with E-state index < -0.39 is 15.7 Å². The molecule has 0 spiro atoms. The number of carbonyl (C=O) groups is 1. The van der Waals surface area contributed by atoms with E-state index in [-0.39, 0.29) is 4.90 Å². The number of benzene rings is 3. The number of amides is 1. The molecule has 0 saturated heterocycles. The number of fused-ring (bicyclic) bond motifs is 2. The standard InChI is InChI=1S/C23H22N2O4S3/c1-29-20-13-16-7-5-4-6-15(16)12-18(20)22(26)24-23-25(10-11-30-2)19-9-8-17(32(3,27)28)14-21(19)31-23/h4-9,12-14H,10-11H2,1-3H3. The summed E-state index contributed by atoms with van der Waals surface area (Å²) >= 11 is 2.99. The molecule has 0 aliphatic heterocycles. The van der Waals surface area contributed by atoms with Crippen LogP contribution in [0.15, 0.2) is 64.5 Å². The average Bonchev–Trinajstić information content (AvgIpc) is 3.12. The molecule has 0 unspecified atom stereocenters. The van der Waals surface area contributed by atoms with Gasteiger partial charge in [-0.1, -0.05) is 35.6 Å². The maximum Gasteiger partial charge on any atom is 0.283 e. The van der Waals surface area contributed by atoms with Crippen molar-refractivity contribution in [1.82, 2.24) is 4.57 Å². The first-order valence-corrected chi connectivity index (χ1v) is 13.9. The number of carbonyl (C=O) groups excluding carboxylic acids is 1. The van der Waals surface area contributed by atoms with Gasteiger partial charge in [-0.05, 0) is 47.4 Å². The van der Waals surface area contributed by atoms with Gasteiger partial charge in [0.15, 0.2) is 14.6 Å². The summed E-state index contributed by atoms with van der Waals surface area (Å²) in [5, 5.41) is 1.90. The first-order chi connectivity index (χ1) is 15.3. The number of rotatable bonds is 6. The zero-order valence-corrected chi connectivity index (χ0v) is 20.3. The maximum absolute atomic E-state index is 13.2. The lowest BCUT2D eigenvalue weighted by Gasteiger charge is -2.08. The summed E-state index contributed by atoms with van der Waals surface area (Å²) in [6.45, 7) is 0.653. The number of thiazole rings is 1. The van der Waals surface area contributed by atoms with Crippen LogP contribution < -0.4 is 9.54 Å². The number of aromatic nitrogens is 1. The minimum atomic E-state index is -3.33. The molecule has 1 amide bonds. The van der Waals surface area contributed by atoms with E-state index >= 15 is 0 Å². The predicted octanol–water partition coefficient (Wildman–Crippen LogP) is 4.37. The van der Waals surface area contributed by atoms with Crippen molar-refractivity contribution < 1.29 is 17.9 Å². The normalized spacial score (nSPS) is 12.5. The van der Waals surface area contributed by atoms with E-state index in [9.17, 15) is 13.2 Å². The van der Waals surface area contributed by atoms with Crippen LogP contribution in [0.3, 0.4) is 0 Å². The van der Waals surface area contributed by atoms with Crippen LogP contribution in [0, 0.1) is 0 Å². The van der Waals surface area contributed by atoms with Gasteiger partial charge < -0.3 is 9.30 Å². The number of hydrogen-bond donors (Lipinski definition) is 0. The van der Waals surface area contributed by atoms with Crippen LogP contribution in [0.4, 0.5) is 0 Å². The molecule has 4 rings (SSSR count). The lowest BCUT2D eigenvalue weighted by atomic mass is 10.1. The van der Waals surface area contributed by atoms with Gasteiger partial charge in [0.25, 0.3) is 5.91 Å². The Bertz CT molecular complexity index is 1500. The molecule has 1 aromatic heterocycles. The third kappa shape index (κ3) is 4.46. The topological polar surface area (TPSA) is 77.7 Å². The van der Waals surface area contributed by atoms with Gasteiger partial charge in [-0.25, -0.2) is 8.42 Å². The molecule has 6 nitrogen and oxygen atoms in total. The fourth-order valence-corrected chi connectivity index (χ4v) is 5.65. The van der Waals surface area contributed by atoms with E-state index in [4.69, 9.17) is 4.74 Å². The molecule has 0 bridgehead atoms. The highest BCUT2D eigenvalue weighted by Gasteiger charge is 2.16. The minimum Gasteiger partial charge on any atom is -0.496 e. The van der Waals surface area contributed by atoms with E-state index in [1.165, 1.54) is 24.7 Å². The summed E-state index contributed by atoms with van der Waals surface area (Å²) in [4.78, 5) is 18.4. The first-order valence-electron chi connectivity index (χ1n) is 9.80. The number of hydrogen-bond acceptors (Lipinski definition) is 6. The van der Waals surface area contributed by atoms with Crippen LogP contribution in [0.5, 0.6) is 5.75 Å². The van der Waals surface area contributed by atoms with Crippen molar-refractivity contribution in [3.05, 3.63) is 65.0 Å². The van der Waals surface area contributed by atoms with Gasteiger partial charge in [-0.15, -0.1) is 0 Å². The quantitative estimate of drug-likeness (QED) is 0.404. The molecule has 9 heteroatoms. The highest BCUT2D eigenvalue weighted by Crippen LogP contribution is 2.27. The van der Waals surface area contributed by atoms with Gasteiger partial charge in [0.05, 0.1) is 27.8 Å². The van der Waals surface area contributed by atoms with Crippen LogP contribution >= 0.6 is 23.1 Å². The van der Waals surface area contributed by atoms with Gasteiger partial charge in [-0.2, -0.15) is 16.8 Å². The summed E-state index contributed by atoms with van der Waals surface area (Å²) in [5.74, 6) is 0.898. The second-order valence-electron chi connectivity index (χ2n) is 7.25. The zero-order valence-electron chi connectivity index (χ0n) is 17.9. The average molecular weight is 487 g/mol. The number of sulfone groups is 1. The zero-order chi connectivity index (χ0) is 22.9. The Labute approximate surface area is 194 Å². The minimum absolute atomic E-state index is 0.248. The Morgan fingerprint density at radius 2 is 1.84 bits per heavy atom. The molecule has 4 aromatic rings. The number of ether oxygens (including phenoxy) is 1. The number of methoxy groups -OCH3 is 1. The molecule has 32 heavy (non-hydrogen) atoms. The molecule has 1 heterocycles. The summed E-state index contributed by atoms with van der Waals surface area (Å²) in [6.07, 6.45) is 3.20. The third-order valence-electron chi connectivity index (χ3n) is 5.10. The van der Waals surface area contributed by atoms with Crippen molar-refractivity contribution in [2.75, 3.05) is 25.4 Å². The summed E-state index contributed by atoms with van der Waals surface area (Å²) in [7, 11) is -1.80. The van der Waals surface area contributed by atoms with E-state index in [0.29, 0.717) is 22.7 Å². The van der Waals surface area contributed by atoms with E-state index in [1.807, 2.05) is 41.2 Å². The second-order valence-corrected chi connectivity index (χ2v) is 11.3. The Morgan fingerprint density at radius 1 is 1.12 bits per heavy atom. The van der Waals surface area contributed by atoms with Gasteiger partial charge in [0, 0.05) is 18.6 Å². The Balaban J connectivity index is 1.88. The van der Waals surface area contributed by atoms with Crippen LogP contribution in [0.1, 0.15) is 10.4 Å². The van der Waals surface area contributed by atoms with Crippen molar-refractivity contribution in [1.29, 1.82) is 0 Å². The van der Waals surface area contributed by atoms with Gasteiger partial charge >= 0.3 is 0 Å². The molecule has 0 saturated carbocycles. The van der Waals surface area contributed by atoms with Crippen molar-refractivity contribution in [3.63, 3.8) is 0 Å². The molecular weight excluding hydrogens is 464 g/mol. The molecule has 0 atom stereocenters. The van der Waals surface area contributed by atoms with E-state index in [1.54, 1.807) is 36.0 Å². The summed E-state index contributed by atoms with van der Waals surface area (Å²) in [6, 6.07) is 16.4. The van der Waals surface area contributed by atoms with Crippen molar-refractivity contribution in [2.45, 2.75) is 11.4 Å². The van der Waals surface area contributed by atoms with Crippen molar-refractivity contribution in [3.8, 4) is 5.75 Å². The predicted molar refractivity (Wildman–Crippen MR) is 132 cm³/mol. The Hall–Kier alpha value is -2.62. The van der Waals surface area contributed by atoms with Gasteiger partial charge in [-0.3, -0.25) is 4.79 Å². The number of thioether (sulfide) groups is 1. The summed E-state index contributed by atoms with van der Waals surface area (Å²) < 4.78 is 32.2. The molecule has 0 aliphatic carbocycles. The molecule has 166 valence electrons. The monoisotopic (exact) mass is 486 g/mol. The van der Waals surface area contributed by atoms with Gasteiger partial charge in [0.2, 0.25) is 0 Å². The highest BCUT2D eigenvalue weighted by atomic mass is 32.2. The molecule has 3 aromatic carbocycles. The Morgan fingerprint density at radius 3 is 2.50 bits per heavy atom. The van der Waals surface area contributed by atoms with Crippen molar-refractivity contribution >= 4 is 59.8 Å². The molecule has 0 radical (unpaired) electrons. The second kappa shape index (κ2) is 9.09. The number of nitrogens with zero attached hydrogens (tertiary/aromatic N) is 2. The first kappa shape index (κ1) is 22.6. The maximum atomic E-state index is 13.2. The van der Waals surface area contributed by atoms with Crippen molar-refractivity contribution in [2.24, 2.45) is 4.99 Å². The van der Waals surface area contributed by atoms with Crippen LogP contribution in [0.2, 0.25) is 0 Å². The lowest BCUT2D eigenvalue weighted by Crippen LogP contribution is -2.18. The van der Waals surface area contributed by atoms with E-state index in [0.717, 1.165) is 26.7 Å². The molecule has 0 aliphatic rings. The Kier molecular flexibility index (Phi) is 6.41. The van der Waals surface area contributed by atoms with Crippen LogP contribution in [-0.2, 0) is 16.4 Å². The van der Waals surface area contributed by atoms with Crippen LogP contribution in [-0.4, -0.2) is 44.3 Å². The summed E-state index contributed by atoms with van der Waals surface area (Å²) in [5.41, 5.74) is 1.24. The third-order valence-corrected chi connectivity index (χ3v) is 7.84. The van der Waals surface area contributed by atoms with E-state index in [2.05, 4.69) is 4.99 Å². The molecule has 0 N–H and O–H groups in total. The molecule has 0 fully saturated rings.